The van der Waals surface area contributed by atoms with Crippen LogP contribution in [0, 0.1) is 11.8 Å². The number of amides is 4. The van der Waals surface area contributed by atoms with E-state index in [0.717, 1.165) is 56.5 Å². The highest BCUT2D eigenvalue weighted by molar-refractivity contribution is 6.05. The molecular weight excluding hydrogens is 527 g/mol. The predicted molar refractivity (Wildman–Crippen MR) is 147 cm³/mol. The Hall–Kier alpha value is -3.01. The van der Waals surface area contributed by atoms with Gasteiger partial charge in [-0.2, -0.15) is 0 Å². The first-order chi connectivity index (χ1) is 19.8. The van der Waals surface area contributed by atoms with E-state index in [0.29, 0.717) is 62.3 Å². The van der Waals surface area contributed by atoms with E-state index >= 15 is 0 Å². The van der Waals surface area contributed by atoms with Gasteiger partial charge in [0.2, 0.25) is 11.8 Å². The SMILES string of the molecule is O=C1CCC(N2Cc3cc(O[C@H]4CCCC[C@H]4N4CC(C5CCN(C(=O)C6(F)CC6)CC5)C4)ccc3C2=O)C(=O)N1. The van der Waals surface area contributed by atoms with Crippen molar-refractivity contribution in [2.45, 2.75) is 94.6 Å². The molecule has 9 nitrogen and oxygen atoms in total. The molecule has 1 unspecified atom stereocenters. The van der Waals surface area contributed by atoms with Gasteiger partial charge in [0.1, 0.15) is 17.9 Å². The number of halogens is 1. The maximum absolute atomic E-state index is 14.2. The molecule has 3 saturated heterocycles. The lowest BCUT2D eigenvalue weighted by Gasteiger charge is -2.51. The van der Waals surface area contributed by atoms with Crippen LogP contribution in [-0.4, -0.2) is 88.4 Å². The first-order valence-corrected chi connectivity index (χ1v) is 15.5. The van der Waals surface area contributed by atoms with Crippen molar-refractivity contribution in [1.29, 1.82) is 0 Å². The molecule has 1 N–H and O–H groups in total. The molecule has 4 aliphatic heterocycles. The summed E-state index contributed by atoms with van der Waals surface area (Å²) in [4.78, 5) is 55.2. The number of nitrogens with zero attached hydrogens (tertiary/aromatic N) is 3. The number of imide groups is 1. The Bertz CT molecular complexity index is 1250. The van der Waals surface area contributed by atoms with E-state index in [4.69, 9.17) is 4.74 Å². The number of nitrogens with one attached hydrogen (secondary N) is 1. The van der Waals surface area contributed by atoms with Gasteiger partial charge in [-0.15, -0.1) is 0 Å². The first-order valence-electron chi connectivity index (χ1n) is 15.5. The lowest BCUT2D eigenvalue weighted by Crippen LogP contribution is -2.60. The van der Waals surface area contributed by atoms with Crippen LogP contribution in [0.2, 0.25) is 0 Å². The zero-order chi connectivity index (χ0) is 28.3. The average molecular weight is 567 g/mol. The molecule has 0 spiro atoms. The maximum atomic E-state index is 14.2. The van der Waals surface area contributed by atoms with Gasteiger partial charge in [0.15, 0.2) is 5.67 Å². The summed E-state index contributed by atoms with van der Waals surface area (Å²) in [5.74, 6) is 0.830. The van der Waals surface area contributed by atoms with Crippen LogP contribution in [0.3, 0.4) is 0 Å². The highest BCUT2D eigenvalue weighted by Gasteiger charge is 2.53. The molecule has 3 atom stereocenters. The smallest absolute Gasteiger partial charge is 0.260 e. The van der Waals surface area contributed by atoms with Crippen molar-refractivity contribution >= 4 is 23.6 Å². The Morgan fingerprint density at radius 3 is 2.46 bits per heavy atom. The van der Waals surface area contributed by atoms with Gasteiger partial charge in [-0.1, -0.05) is 6.42 Å². The number of likely N-dealkylation sites (tertiary alicyclic amines) is 2. The fourth-order valence-electron chi connectivity index (χ4n) is 7.73. The van der Waals surface area contributed by atoms with E-state index in [-0.39, 0.29) is 30.2 Å². The maximum Gasteiger partial charge on any atom is 0.260 e. The number of fused-ring (bicyclic) bond motifs is 1. The zero-order valence-electron chi connectivity index (χ0n) is 23.5. The summed E-state index contributed by atoms with van der Waals surface area (Å²) in [6, 6.07) is 5.36. The van der Waals surface area contributed by atoms with Gasteiger partial charge in [0, 0.05) is 50.7 Å². The molecule has 2 aliphatic carbocycles. The highest BCUT2D eigenvalue weighted by atomic mass is 19.1. The summed E-state index contributed by atoms with van der Waals surface area (Å²) in [7, 11) is 0. The molecule has 220 valence electrons. The molecule has 10 heteroatoms. The second kappa shape index (κ2) is 10.4. The molecule has 41 heavy (non-hydrogen) atoms. The Balaban J connectivity index is 0.940. The van der Waals surface area contributed by atoms with Gasteiger partial charge in [0.05, 0.1) is 0 Å². The van der Waals surface area contributed by atoms with Gasteiger partial charge in [-0.25, -0.2) is 4.39 Å². The minimum atomic E-state index is -1.56. The monoisotopic (exact) mass is 566 g/mol. The molecule has 0 bridgehead atoms. The summed E-state index contributed by atoms with van der Waals surface area (Å²) >= 11 is 0. The Morgan fingerprint density at radius 1 is 0.976 bits per heavy atom. The lowest BCUT2D eigenvalue weighted by molar-refractivity contribution is -0.140. The van der Waals surface area contributed by atoms with E-state index in [1.165, 1.54) is 6.42 Å². The molecule has 5 fully saturated rings. The third-order valence-corrected chi connectivity index (χ3v) is 10.4. The van der Waals surface area contributed by atoms with Crippen molar-refractivity contribution in [3.05, 3.63) is 29.3 Å². The summed E-state index contributed by atoms with van der Waals surface area (Å²) in [6.45, 7) is 3.81. The molecule has 2 saturated carbocycles. The van der Waals surface area contributed by atoms with Gasteiger partial charge in [-0.05, 0) is 87.0 Å². The second-order valence-corrected chi connectivity index (χ2v) is 13.0. The van der Waals surface area contributed by atoms with Crippen molar-refractivity contribution in [2.75, 3.05) is 26.2 Å². The quantitative estimate of drug-likeness (QED) is 0.532. The van der Waals surface area contributed by atoms with Crippen LogP contribution in [0.4, 0.5) is 4.39 Å². The zero-order valence-corrected chi connectivity index (χ0v) is 23.5. The molecule has 0 aromatic heterocycles. The van der Waals surface area contributed by atoms with E-state index in [1.807, 2.05) is 18.2 Å². The molecule has 7 rings (SSSR count). The van der Waals surface area contributed by atoms with E-state index < -0.39 is 17.6 Å². The molecule has 4 amide bonds. The average Bonchev–Trinajstić information content (AvgIpc) is 3.62. The van der Waals surface area contributed by atoms with E-state index in [1.54, 1.807) is 9.80 Å². The van der Waals surface area contributed by atoms with Crippen molar-refractivity contribution in [3.8, 4) is 5.75 Å². The molecule has 0 radical (unpaired) electrons. The van der Waals surface area contributed by atoms with Crippen molar-refractivity contribution in [3.63, 3.8) is 0 Å². The number of carbonyl (C=O) groups is 4. The number of hydrogen-bond donors (Lipinski definition) is 1. The van der Waals surface area contributed by atoms with Crippen molar-refractivity contribution in [2.24, 2.45) is 11.8 Å². The van der Waals surface area contributed by atoms with Crippen LogP contribution in [0.15, 0.2) is 18.2 Å². The number of rotatable bonds is 6. The Labute approximate surface area is 239 Å². The number of hydrogen-bond acceptors (Lipinski definition) is 6. The second-order valence-electron chi connectivity index (χ2n) is 13.0. The van der Waals surface area contributed by atoms with Crippen LogP contribution in [0.1, 0.15) is 80.1 Å². The highest BCUT2D eigenvalue weighted by Crippen LogP contribution is 2.43. The fourth-order valence-corrected chi connectivity index (χ4v) is 7.73. The molecule has 6 aliphatic rings. The standard InChI is InChI=1S/C31H39FN4O5/c32-31(11-12-31)30(40)34-13-9-19(10-14-34)21-16-35(17-21)24-3-1-2-4-26(24)41-22-5-6-23-20(15-22)18-36(29(23)39)25-7-8-27(37)33-28(25)38/h5-6,15,19,21,24-26H,1-4,7-14,16-18H2,(H,33,37,38)/t24-,25?,26+/m1/s1. The normalized spacial score (nSPS) is 30.6. The van der Waals surface area contributed by atoms with Gasteiger partial charge >= 0.3 is 0 Å². The third-order valence-electron chi connectivity index (χ3n) is 10.4. The van der Waals surface area contributed by atoms with Crippen LogP contribution in [-0.2, 0) is 20.9 Å². The summed E-state index contributed by atoms with van der Waals surface area (Å²) in [5.41, 5.74) is -0.102. The number of ether oxygens (including phenoxy) is 1. The summed E-state index contributed by atoms with van der Waals surface area (Å²) in [5, 5.41) is 2.35. The van der Waals surface area contributed by atoms with Gasteiger partial charge in [0.25, 0.3) is 11.8 Å². The predicted octanol–water partition coefficient (Wildman–Crippen LogP) is 2.81. The number of alkyl halides is 1. The molecule has 4 heterocycles. The lowest BCUT2D eigenvalue weighted by atomic mass is 9.77. The fraction of sp³-hybridized carbons (Fsp3) is 0.677. The Morgan fingerprint density at radius 2 is 1.73 bits per heavy atom. The molecule has 1 aromatic carbocycles. The van der Waals surface area contributed by atoms with E-state index in [9.17, 15) is 23.6 Å². The largest absolute Gasteiger partial charge is 0.489 e. The minimum Gasteiger partial charge on any atom is -0.489 e. The first kappa shape index (κ1) is 26.9. The topological polar surface area (TPSA) is 99.3 Å². The van der Waals surface area contributed by atoms with Gasteiger partial charge < -0.3 is 14.5 Å². The number of carbonyl (C=O) groups excluding carboxylic acids is 4. The van der Waals surface area contributed by atoms with Crippen LogP contribution < -0.4 is 10.1 Å². The third kappa shape index (κ3) is 5.02. The number of benzene rings is 1. The van der Waals surface area contributed by atoms with Crippen LogP contribution in [0.5, 0.6) is 5.75 Å². The van der Waals surface area contributed by atoms with Gasteiger partial charge in [-0.3, -0.25) is 29.4 Å². The molecule has 1 aromatic rings. The van der Waals surface area contributed by atoms with Crippen molar-refractivity contribution in [1.82, 2.24) is 20.0 Å². The van der Waals surface area contributed by atoms with Crippen LogP contribution in [0.25, 0.3) is 0 Å². The van der Waals surface area contributed by atoms with Crippen LogP contribution >= 0.6 is 0 Å². The van der Waals surface area contributed by atoms with E-state index in [2.05, 4.69) is 10.2 Å². The minimum absolute atomic E-state index is 0.0878. The summed E-state index contributed by atoms with van der Waals surface area (Å²) < 4.78 is 20.8. The Kier molecular flexibility index (Phi) is 6.79. The number of piperidine rings is 2. The summed E-state index contributed by atoms with van der Waals surface area (Å²) in [6.07, 6.45) is 7.81. The van der Waals surface area contributed by atoms with Crippen molar-refractivity contribution < 1.29 is 28.3 Å². The molecular formula is C31H39FN4O5.